The van der Waals surface area contributed by atoms with Crippen LogP contribution in [0.25, 0.3) is 0 Å². The van der Waals surface area contributed by atoms with Crippen LogP contribution in [0.5, 0.6) is 0 Å². The normalized spacial score (nSPS) is 20.9. The van der Waals surface area contributed by atoms with Crippen molar-refractivity contribution in [3.05, 3.63) is 23.7 Å². The molecule has 0 aromatic heterocycles. The van der Waals surface area contributed by atoms with E-state index in [0.29, 0.717) is 18.8 Å². The van der Waals surface area contributed by atoms with Crippen molar-refractivity contribution in [2.45, 2.75) is 13.3 Å². The first kappa shape index (κ1) is 10.6. The quantitative estimate of drug-likeness (QED) is 0.699. The number of carbonyl (C=O) groups is 1. The standard InChI is InChI=1S/C10H14O4/c1-7(11)14-6-8-3-4-9(12)10(5-8)13-2/h3-4,8,12H,5-6H2,1-2H3. The van der Waals surface area contributed by atoms with Crippen molar-refractivity contribution < 1.29 is 19.4 Å². The van der Waals surface area contributed by atoms with E-state index in [9.17, 15) is 9.90 Å². The molecule has 14 heavy (non-hydrogen) atoms. The van der Waals surface area contributed by atoms with E-state index in [4.69, 9.17) is 9.47 Å². The van der Waals surface area contributed by atoms with Gasteiger partial charge in [0, 0.05) is 19.3 Å². The first-order valence-corrected chi connectivity index (χ1v) is 4.41. The van der Waals surface area contributed by atoms with Crippen molar-refractivity contribution in [2.75, 3.05) is 13.7 Å². The van der Waals surface area contributed by atoms with Gasteiger partial charge in [0.1, 0.15) is 5.76 Å². The molecule has 0 aromatic carbocycles. The number of rotatable bonds is 3. The zero-order valence-electron chi connectivity index (χ0n) is 8.32. The SMILES string of the molecule is COC1=C(O)C=CC(COC(C)=O)C1. The number of allylic oxidation sites excluding steroid dienone is 2. The molecule has 0 spiro atoms. The predicted octanol–water partition coefficient (Wildman–Crippen LogP) is 1.54. The highest BCUT2D eigenvalue weighted by atomic mass is 16.5. The van der Waals surface area contributed by atoms with Crippen LogP contribution in [0.4, 0.5) is 0 Å². The van der Waals surface area contributed by atoms with Crippen LogP contribution in [-0.2, 0) is 14.3 Å². The Morgan fingerprint density at radius 2 is 2.43 bits per heavy atom. The number of hydrogen-bond donors (Lipinski definition) is 1. The molecule has 78 valence electrons. The second-order valence-corrected chi connectivity index (χ2v) is 3.14. The molecular formula is C10H14O4. The third-order valence-electron chi connectivity index (χ3n) is 2.01. The van der Waals surface area contributed by atoms with E-state index in [2.05, 4.69) is 0 Å². The highest BCUT2D eigenvalue weighted by molar-refractivity contribution is 5.65. The highest BCUT2D eigenvalue weighted by Crippen LogP contribution is 2.22. The summed E-state index contributed by atoms with van der Waals surface area (Å²) in [6.07, 6.45) is 3.93. The second-order valence-electron chi connectivity index (χ2n) is 3.14. The van der Waals surface area contributed by atoms with Crippen LogP contribution >= 0.6 is 0 Å². The zero-order valence-corrected chi connectivity index (χ0v) is 8.32. The Morgan fingerprint density at radius 3 is 3.00 bits per heavy atom. The van der Waals surface area contributed by atoms with Crippen LogP contribution in [0.2, 0.25) is 0 Å². The molecule has 1 rings (SSSR count). The Kier molecular flexibility index (Phi) is 3.56. The van der Waals surface area contributed by atoms with E-state index in [-0.39, 0.29) is 17.6 Å². The van der Waals surface area contributed by atoms with Crippen LogP contribution in [0.15, 0.2) is 23.7 Å². The summed E-state index contributed by atoms with van der Waals surface area (Å²) in [6, 6.07) is 0. The number of esters is 1. The average Bonchev–Trinajstić information content (AvgIpc) is 2.16. The summed E-state index contributed by atoms with van der Waals surface area (Å²) < 4.78 is 9.84. The zero-order chi connectivity index (χ0) is 10.6. The smallest absolute Gasteiger partial charge is 0.302 e. The van der Waals surface area contributed by atoms with Gasteiger partial charge in [0.05, 0.1) is 13.7 Å². The van der Waals surface area contributed by atoms with Crippen LogP contribution in [0.3, 0.4) is 0 Å². The largest absolute Gasteiger partial charge is 0.505 e. The van der Waals surface area contributed by atoms with E-state index in [1.807, 2.05) is 0 Å². The van der Waals surface area contributed by atoms with Crippen LogP contribution < -0.4 is 0 Å². The molecule has 0 aliphatic heterocycles. The third kappa shape index (κ3) is 2.80. The number of aliphatic hydroxyl groups excluding tert-OH is 1. The molecular weight excluding hydrogens is 184 g/mol. The summed E-state index contributed by atoms with van der Waals surface area (Å²) in [7, 11) is 1.51. The Morgan fingerprint density at radius 1 is 1.71 bits per heavy atom. The summed E-state index contributed by atoms with van der Waals surface area (Å²) in [5.74, 6) is 0.470. The van der Waals surface area contributed by atoms with Crippen molar-refractivity contribution in [1.29, 1.82) is 0 Å². The van der Waals surface area contributed by atoms with E-state index in [1.165, 1.54) is 14.0 Å². The fourth-order valence-electron chi connectivity index (χ4n) is 1.26. The van der Waals surface area contributed by atoms with E-state index < -0.39 is 0 Å². The number of methoxy groups -OCH3 is 1. The summed E-state index contributed by atoms with van der Waals surface area (Å²) in [5, 5.41) is 9.32. The molecule has 4 nitrogen and oxygen atoms in total. The first-order valence-electron chi connectivity index (χ1n) is 4.41. The Labute approximate surface area is 82.8 Å². The molecule has 4 heteroatoms. The van der Waals surface area contributed by atoms with Crippen LogP contribution in [0.1, 0.15) is 13.3 Å². The van der Waals surface area contributed by atoms with Crippen molar-refractivity contribution >= 4 is 5.97 Å². The first-order chi connectivity index (χ1) is 6.63. The maximum absolute atomic E-state index is 10.6. The van der Waals surface area contributed by atoms with Gasteiger partial charge in [-0.15, -0.1) is 0 Å². The average molecular weight is 198 g/mol. The van der Waals surface area contributed by atoms with Crippen molar-refractivity contribution in [1.82, 2.24) is 0 Å². The molecule has 0 bridgehead atoms. The maximum Gasteiger partial charge on any atom is 0.302 e. The molecule has 0 saturated carbocycles. The number of aliphatic hydroxyl groups is 1. The van der Waals surface area contributed by atoms with Gasteiger partial charge in [-0.25, -0.2) is 0 Å². The fraction of sp³-hybridized carbons (Fsp3) is 0.500. The molecule has 1 unspecified atom stereocenters. The number of carbonyl (C=O) groups excluding carboxylic acids is 1. The molecule has 0 saturated heterocycles. The number of hydrogen-bond acceptors (Lipinski definition) is 4. The van der Waals surface area contributed by atoms with Crippen LogP contribution in [0, 0.1) is 5.92 Å². The topological polar surface area (TPSA) is 55.8 Å². The van der Waals surface area contributed by atoms with Gasteiger partial charge in [-0.2, -0.15) is 0 Å². The van der Waals surface area contributed by atoms with E-state index >= 15 is 0 Å². The van der Waals surface area contributed by atoms with Gasteiger partial charge in [0.25, 0.3) is 0 Å². The summed E-state index contributed by atoms with van der Waals surface area (Å²) in [6.45, 7) is 1.70. The molecule has 1 atom stereocenters. The number of ether oxygens (including phenoxy) is 2. The molecule has 0 radical (unpaired) electrons. The third-order valence-corrected chi connectivity index (χ3v) is 2.01. The van der Waals surface area contributed by atoms with Gasteiger partial charge >= 0.3 is 5.97 Å². The molecule has 0 aromatic rings. The highest BCUT2D eigenvalue weighted by Gasteiger charge is 2.17. The van der Waals surface area contributed by atoms with Crippen LogP contribution in [-0.4, -0.2) is 24.8 Å². The molecule has 1 N–H and O–H groups in total. The lowest BCUT2D eigenvalue weighted by Gasteiger charge is -2.18. The monoisotopic (exact) mass is 198 g/mol. The molecule has 1 aliphatic rings. The molecule has 0 fully saturated rings. The lowest BCUT2D eigenvalue weighted by Crippen LogP contribution is -2.14. The van der Waals surface area contributed by atoms with E-state index in [1.54, 1.807) is 12.2 Å². The summed E-state index contributed by atoms with van der Waals surface area (Å²) >= 11 is 0. The maximum atomic E-state index is 10.6. The van der Waals surface area contributed by atoms with Crippen molar-refractivity contribution in [3.8, 4) is 0 Å². The minimum atomic E-state index is -0.295. The molecule has 0 heterocycles. The molecule has 1 aliphatic carbocycles. The Balaban J connectivity index is 2.47. The van der Waals surface area contributed by atoms with Crippen molar-refractivity contribution in [2.24, 2.45) is 5.92 Å². The Hall–Kier alpha value is -1.45. The minimum absolute atomic E-state index is 0.0877. The lowest BCUT2D eigenvalue weighted by atomic mass is 9.99. The van der Waals surface area contributed by atoms with Crippen molar-refractivity contribution in [3.63, 3.8) is 0 Å². The molecule has 0 amide bonds. The van der Waals surface area contributed by atoms with E-state index in [0.717, 1.165) is 0 Å². The summed E-state index contributed by atoms with van der Waals surface area (Å²) in [5.41, 5.74) is 0. The van der Waals surface area contributed by atoms with Gasteiger partial charge < -0.3 is 14.6 Å². The minimum Gasteiger partial charge on any atom is -0.505 e. The van der Waals surface area contributed by atoms with Gasteiger partial charge in [0.2, 0.25) is 0 Å². The van der Waals surface area contributed by atoms with Gasteiger partial charge in [-0.1, -0.05) is 6.08 Å². The second kappa shape index (κ2) is 4.69. The van der Waals surface area contributed by atoms with Gasteiger partial charge in [-0.05, 0) is 6.08 Å². The summed E-state index contributed by atoms with van der Waals surface area (Å²) in [4.78, 5) is 10.6. The van der Waals surface area contributed by atoms with Gasteiger partial charge in [-0.3, -0.25) is 4.79 Å². The predicted molar refractivity (Wildman–Crippen MR) is 50.5 cm³/mol. The lowest BCUT2D eigenvalue weighted by molar-refractivity contribution is -0.141. The Bertz CT molecular complexity index is 278. The van der Waals surface area contributed by atoms with Gasteiger partial charge in [0.15, 0.2) is 5.76 Å². The fourth-order valence-corrected chi connectivity index (χ4v) is 1.26.